The lowest BCUT2D eigenvalue weighted by Gasteiger charge is -2.43. The van der Waals surface area contributed by atoms with E-state index < -0.39 is 36.4 Å². The first-order valence-corrected chi connectivity index (χ1v) is 6.74. The van der Waals surface area contributed by atoms with Crippen molar-refractivity contribution in [2.75, 3.05) is 13.7 Å². The van der Waals surface area contributed by atoms with Crippen LogP contribution in [0.2, 0.25) is 0 Å². The molecule has 21 heavy (non-hydrogen) atoms. The number of hydrogen-bond acceptors (Lipinski definition) is 6. The second-order valence-corrected chi connectivity index (χ2v) is 5.18. The minimum Gasteiger partial charge on any atom is -0.459 e. The largest absolute Gasteiger partial charge is 0.459 e. The Hall–Kier alpha value is -1.44. The molecule has 1 amide bonds. The highest BCUT2D eigenvalue weighted by Gasteiger charge is 2.44. The Balaban J connectivity index is 2.73. The van der Waals surface area contributed by atoms with Crippen LogP contribution in [-0.4, -0.2) is 61.2 Å². The van der Waals surface area contributed by atoms with Gasteiger partial charge in [0.15, 0.2) is 0 Å². The van der Waals surface area contributed by atoms with E-state index in [0.717, 1.165) is 0 Å². The van der Waals surface area contributed by atoms with E-state index >= 15 is 0 Å². The summed E-state index contributed by atoms with van der Waals surface area (Å²) in [5.74, 6) is -0.795. The third-order valence-electron chi connectivity index (χ3n) is 3.34. The molecule has 0 aromatic carbocycles. The second-order valence-electron chi connectivity index (χ2n) is 5.18. The molecule has 0 aromatic rings. The average Bonchev–Trinajstić information content (AvgIpc) is 2.40. The van der Waals surface area contributed by atoms with Gasteiger partial charge in [0, 0.05) is 19.6 Å². The Morgan fingerprint density at radius 3 is 2.48 bits per heavy atom. The topological polar surface area (TPSA) is 94.1 Å². The first-order valence-electron chi connectivity index (χ1n) is 6.74. The summed E-state index contributed by atoms with van der Waals surface area (Å²) in [5.41, 5.74) is 0.282. The van der Waals surface area contributed by atoms with Gasteiger partial charge in [0.05, 0.1) is 12.1 Å². The lowest BCUT2D eigenvalue weighted by Crippen LogP contribution is -2.63. The fraction of sp³-hybridized carbons (Fsp3) is 0.714. The Bertz CT molecular complexity index is 410. The van der Waals surface area contributed by atoms with Crippen LogP contribution in [-0.2, 0) is 23.8 Å². The molecule has 1 aliphatic rings. The fourth-order valence-electron chi connectivity index (χ4n) is 2.28. The summed E-state index contributed by atoms with van der Waals surface area (Å²) in [7, 11) is 1.42. The lowest BCUT2D eigenvalue weighted by molar-refractivity contribution is -0.204. The summed E-state index contributed by atoms with van der Waals surface area (Å²) >= 11 is 0. The zero-order valence-corrected chi connectivity index (χ0v) is 12.8. The van der Waals surface area contributed by atoms with E-state index in [0.29, 0.717) is 0 Å². The van der Waals surface area contributed by atoms with Gasteiger partial charge in [-0.05, 0) is 13.8 Å². The van der Waals surface area contributed by atoms with Crippen molar-refractivity contribution in [1.82, 2.24) is 5.32 Å². The minimum atomic E-state index is -0.962. The van der Waals surface area contributed by atoms with Gasteiger partial charge in [-0.25, -0.2) is 4.79 Å². The molecule has 1 fully saturated rings. The molecule has 1 rings (SSSR count). The van der Waals surface area contributed by atoms with Crippen LogP contribution in [0.4, 0.5) is 0 Å². The van der Waals surface area contributed by atoms with Gasteiger partial charge >= 0.3 is 5.97 Å². The molecular formula is C14H23NO6. The zero-order valence-electron chi connectivity index (χ0n) is 12.8. The number of ether oxygens (including phenoxy) is 3. The highest BCUT2D eigenvalue weighted by atomic mass is 16.6. The first-order chi connectivity index (χ1) is 9.77. The van der Waals surface area contributed by atoms with Crippen LogP contribution in [0, 0.1) is 0 Å². The number of carbonyl (C=O) groups excluding carboxylic acids is 2. The molecule has 7 heteroatoms. The first kappa shape index (κ1) is 17.6. The lowest BCUT2D eigenvalue weighted by atomic mass is 9.93. The predicted molar refractivity (Wildman–Crippen MR) is 74.5 cm³/mol. The van der Waals surface area contributed by atoms with Crippen molar-refractivity contribution < 1.29 is 28.9 Å². The van der Waals surface area contributed by atoms with Crippen LogP contribution in [0.3, 0.4) is 0 Å². The van der Waals surface area contributed by atoms with Gasteiger partial charge in [-0.2, -0.15) is 0 Å². The van der Waals surface area contributed by atoms with E-state index in [1.165, 1.54) is 14.0 Å². The van der Waals surface area contributed by atoms with E-state index in [4.69, 9.17) is 14.2 Å². The Morgan fingerprint density at radius 2 is 2.00 bits per heavy atom. The van der Waals surface area contributed by atoms with Crippen LogP contribution in [0.25, 0.3) is 0 Å². The van der Waals surface area contributed by atoms with E-state index in [9.17, 15) is 14.7 Å². The second kappa shape index (κ2) is 7.53. The third kappa shape index (κ3) is 4.52. The fourth-order valence-corrected chi connectivity index (χ4v) is 2.28. The standard InChI is InChI=1S/C14H23NO6/c1-7(2)14(18)20-6-10-13(19-5)12(17)11(8(3)21-10)15-9(4)16/h8,10-13,17H,1,6H2,2-5H3,(H,15,16)/t8-,10?,11+,12+,13?/m0/s1. The molecule has 120 valence electrons. The monoisotopic (exact) mass is 301 g/mol. The van der Waals surface area contributed by atoms with Gasteiger partial charge in [0.1, 0.15) is 24.9 Å². The number of amides is 1. The van der Waals surface area contributed by atoms with Crippen LogP contribution in [0.1, 0.15) is 20.8 Å². The Kier molecular flexibility index (Phi) is 6.32. The summed E-state index contributed by atoms with van der Waals surface area (Å²) in [5, 5.41) is 12.9. The summed E-state index contributed by atoms with van der Waals surface area (Å²) in [6.07, 6.45) is -2.73. The number of esters is 1. The molecule has 2 N–H and O–H groups in total. The molecule has 1 aliphatic heterocycles. The molecule has 0 saturated carbocycles. The van der Waals surface area contributed by atoms with Gasteiger partial charge in [0.25, 0.3) is 0 Å². The van der Waals surface area contributed by atoms with Gasteiger partial charge < -0.3 is 24.6 Å². The minimum absolute atomic E-state index is 0.0572. The molecule has 1 heterocycles. The van der Waals surface area contributed by atoms with Gasteiger partial charge in [-0.15, -0.1) is 0 Å². The average molecular weight is 301 g/mol. The molecule has 2 unspecified atom stereocenters. The Labute approximate surface area is 124 Å². The van der Waals surface area contributed by atoms with Crippen molar-refractivity contribution in [1.29, 1.82) is 0 Å². The molecule has 0 spiro atoms. The van der Waals surface area contributed by atoms with Gasteiger partial charge in [0.2, 0.25) is 5.91 Å². The highest BCUT2D eigenvalue weighted by molar-refractivity contribution is 5.86. The smallest absolute Gasteiger partial charge is 0.333 e. The maximum atomic E-state index is 11.4. The van der Waals surface area contributed by atoms with E-state index in [2.05, 4.69) is 11.9 Å². The number of rotatable bonds is 5. The zero-order chi connectivity index (χ0) is 16.2. The van der Waals surface area contributed by atoms with Crippen molar-refractivity contribution >= 4 is 11.9 Å². The summed E-state index contributed by atoms with van der Waals surface area (Å²) in [6.45, 7) is 8.06. The van der Waals surface area contributed by atoms with Crippen LogP contribution >= 0.6 is 0 Å². The quantitative estimate of drug-likeness (QED) is 0.538. The van der Waals surface area contributed by atoms with Crippen molar-refractivity contribution in [2.45, 2.75) is 51.2 Å². The van der Waals surface area contributed by atoms with Crippen molar-refractivity contribution in [3.8, 4) is 0 Å². The Morgan fingerprint density at radius 1 is 1.38 bits per heavy atom. The molecular weight excluding hydrogens is 278 g/mol. The summed E-state index contributed by atoms with van der Waals surface area (Å²) in [4.78, 5) is 22.6. The summed E-state index contributed by atoms with van der Waals surface area (Å²) in [6, 6.07) is -0.583. The van der Waals surface area contributed by atoms with Gasteiger partial charge in [-0.3, -0.25) is 4.79 Å². The van der Waals surface area contributed by atoms with E-state index in [-0.39, 0.29) is 18.1 Å². The number of nitrogens with one attached hydrogen (secondary N) is 1. The maximum Gasteiger partial charge on any atom is 0.333 e. The number of carbonyl (C=O) groups is 2. The van der Waals surface area contributed by atoms with Crippen LogP contribution < -0.4 is 5.32 Å². The van der Waals surface area contributed by atoms with Crippen molar-refractivity contribution in [2.24, 2.45) is 0 Å². The van der Waals surface area contributed by atoms with Gasteiger partial charge in [-0.1, -0.05) is 6.58 Å². The van der Waals surface area contributed by atoms with Crippen LogP contribution in [0.5, 0.6) is 0 Å². The molecule has 7 nitrogen and oxygen atoms in total. The normalized spacial score (nSPS) is 32.3. The number of aliphatic hydroxyl groups is 1. The van der Waals surface area contributed by atoms with E-state index in [1.54, 1.807) is 13.8 Å². The number of aliphatic hydroxyl groups excluding tert-OH is 1. The molecule has 1 saturated heterocycles. The SMILES string of the molecule is C=C(C)C(=O)OCC1O[C@@H](C)[C@@H](NC(C)=O)[C@@H](O)C1OC. The highest BCUT2D eigenvalue weighted by Crippen LogP contribution is 2.23. The predicted octanol–water partition coefficient (Wildman–Crippen LogP) is -0.226. The number of hydrogen-bond donors (Lipinski definition) is 2. The summed E-state index contributed by atoms with van der Waals surface area (Å²) < 4.78 is 16.0. The van der Waals surface area contributed by atoms with Crippen molar-refractivity contribution in [3.05, 3.63) is 12.2 Å². The molecule has 0 radical (unpaired) electrons. The molecule has 0 bridgehead atoms. The van der Waals surface area contributed by atoms with E-state index in [1.807, 2.05) is 0 Å². The van der Waals surface area contributed by atoms with Crippen LogP contribution in [0.15, 0.2) is 12.2 Å². The molecule has 5 atom stereocenters. The van der Waals surface area contributed by atoms with Crippen molar-refractivity contribution in [3.63, 3.8) is 0 Å². The maximum absolute atomic E-state index is 11.4. The number of methoxy groups -OCH3 is 1. The third-order valence-corrected chi connectivity index (χ3v) is 3.34. The molecule has 0 aliphatic carbocycles. The molecule has 0 aromatic heterocycles.